The smallest absolute Gasteiger partial charge is 0.233 e. The quantitative estimate of drug-likeness (QED) is 0.726. The number of aromatic nitrogens is 1. The van der Waals surface area contributed by atoms with Crippen molar-refractivity contribution in [2.75, 3.05) is 5.32 Å². The van der Waals surface area contributed by atoms with Crippen LogP contribution in [0.15, 0.2) is 54.7 Å². The molecule has 0 radical (unpaired) electrons. The second-order valence-electron chi connectivity index (χ2n) is 5.59. The first kappa shape index (κ1) is 16.3. The summed E-state index contributed by atoms with van der Waals surface area (Å²) in [6.45, 7) is 3.68. The number of carbonyl (C=O) groups is 1. The summed E-state index contributed by atoms with van der Waals surface area (Å²) in [6.07, 6.45) is 1.71. The number of halogens is 1. The molecule has 1 heterocycles. The lowest BCUT2D eigenvalue weighted by Gasteiger charge is -2.13. The number of thiazole rings is 1. The maximum absolute atomic E-state index is 14.4. The zero-order chi connectivity index (χ0) is 17.1. The van der Waals surface area contributed by atoms with Crippen LogP contribution in [-0.4, -0.2) is 10.9 Å². The molecule has 1 N–H and O–H groups in total. The summed E-state index contributed by atoms with van der Waals surface area (Å²) in [7, 11) is 0. The number of amides is 1. The third kappa shape index (κ3) is 3.51. The Morgan fingerprint density at radius 2 is 1.96 bits per heavy atom. The van der Waals surface area contributed by atoms with E-state index in [0.717, 1.165) is 10.4 Å². The molecular formula is C19H17FN2OS. The van der Waals surface area contributed by atoms with E-state index in [1.54, 1.807) is 25.3 Å². The number of nitrogens with zero attached hydrogens (tertiary/aromatic N) is 1. The van der Waals surface area contributed by atoms with Crippen LogP contribution in [0.3, 0.4) is 0 Å². The Kier molecular flexibility index (Phi) is 4.71. The number of hydrogen-bond acceptors (Lipinski definition) is 3. The van der Waals surface area contributed by atoms with Crippen molar-refractivity contribution in [1.82, 2.24) is 4.98 Å². The van der Waals surface area contributed by atoms with Crippen molar-refractivity contribution >= 4 is 22.4 Å². The first-order valence-corrected chi connectivity index (χ1v) is 8.44. The molecule has 5 heteroatoms. The molecule has 3 nitrogen and oxygen atoms in total. The van der Waals surface area contributed by atoms with E-state index in [4.69, 9.17) is 0 Å². The third-order valence-corrected chi connectivity index (χ3v) is 4.65. The van der Waals surface area contributed by atoms with Gasteiger partial charge in [-0.2, -0.15) is 0 Å². The highest BCUT2D eigenvalue weighted by Gasteiger charge is 2.18. The molecule has 3 rings (SSSR count). The van der Waals surface area contributed by atoms with Gasteiger partial charge >= 0.3 is 0 Å². The minimum atomic E-state index is -0.464. The largest absolute Gasteiger partial charge is 0.301 e. The van der Waals surface area contributed by atoms with E-state index in [1.165, 1.54) is 17.4 Å². The van der Waals surface area contributed by atoms with Crippen LogP contribution in [0.2, 0.25) is 0 Å². The van der Waals surface area contributed by atoms with Gasteiger partial charge in [0.05, 0.1) is 5.92 Å². The summed E-state index contributed by atoms with van der Waals surface area (Å²) < 4.78 is 14.4. The second-order valence-corrected chi connectivity index (χ2v) is 6.83. The monoisotopic (exact) mass is 340 g/mol. The minimum Gasteiger partial charge on any atom is -0.301 e. The highest BCUT2D eigenvalue weighted by atomic mass is 32.1. The second kappa shape index (κ2) is 6.93. The van der Waals surface area contributed by atoms with Crippen LogP contribution in [0.1, 0.15) is 23.3 Å². The molecule has 24 heavy (non-hydrogen) atoms. The van der Waals surface area contributed by atoms with Crippen LogP contribution >= 0.6 is 11.3 Å². The highest BCUT2D eigenvalue weighted by molar-refractivity contribution is 7.15. The number of anilines is 1. The Labute approximate surface area is 144 Å². The molecule has 0 fully saturated rings. The molecule has 0 spiro atoms. The van der Waals surface area contributed by atoms with Gasteiger partial charge in [0.25, 0.3) is 0 Å². The predicted molar refractivity (Wildman–Crippen MR) is 95.7 cm³/mol. The van der Waals surface area contributed by atoms with Gasteiger partial charge in [-0.15, -0.1) is 11.3 Å². The molecule has 0 unspecified atom stereocenters. The summed E-state index contributed by atoms with van der Waals surface area (Å²) in [5.41, 5.74) is 1.98. The van der Waals surface area contributed by atoms with Gasteiger partial charge in [-0.05, 0) is 31.0 Å². The summed E-state index contributed by atoms with van der Waals surface area (Å²) in [5.74, 6) is -0.992. The van der Waals surface area contributed by atoms with Crippen molar-refractivity contribution < 1.29 is 9.18 Å². The van der Waals surface area contributed by atoms with Crippen LogP contribution in [-0.2, 0) is 4.79 Å². The molecule has 0 saturated heterocycles. The number of hydrogen-bond donors (Lipinski definition) is 1. The first-order valence-electron chi connectivity index (χ1n) is 7.63. The van der Waals surface area contributed by atoms with E-state index >= 15 is 0 Å². The fraction of sp³-hybridized carbons (Fsp3) is 0.158. The molecule has 1 atom stereocenters. The third-order valence-electron chi connectivity index (χ3n) is 3.82. The maximum Gasteiger partial charge on any atom is 0.233 e. The van der Waals surface area contributed by atoms with Crippen LogP contribution in [0.5, 0.6) is 0 Å². The molecule has 0 bridgehead atoms. The molecule has 0 aliphatic heterocycles. The van der Waals surface area contributed by atoms with Gasteiger partial charge in [0.1, 0.15) is 5.82 Å². The molecule has 122 valence electrons. The molecule has 1 aromatic heterocycles. The number of aryl methyl sites for hydroxylation is 1. The zero-order valence-electron chi connectivity index (χ0n) is 13.4. The van der Waals surface area contributed by atoms with E-state index in [-0.39, 0.29) is 11.7 Å². The van der Waals surface area contributed by atoms with Gasteiger partial charge in [-0.1, -0.05) is 42.5 Å². The molecule has 3 aromatic rings. The van der Waals surface area contributed by atoms with Crippen LogP contribution < -0.4 is 5.32 Å². The Hall–Kier alpha value is -2.53. The number of carbonyl (C=O) groups excluding carboxylic acids is 1. The van der Waals surface area contributed by atoms with Crippen molar-refractivity contribution in [3.8, 4) is 11.1 Å². The van der Waals surface area contributed by atoms with Crippen LogP contribution in [0.4, 0.5) is 9.52 Å². The SMILES string of the molecule is Cc1cnc(NC(=O)[C@H](C)c2ccc(-c3ccccc3)c(F)c2)s1. The Morgan fingerprint density at radius 3 is 2.58 bits per heavy atom. The number of rotatable bonds is 4. The van der Waals surface area contributed by atoms with Gasteiger partial charge in [-0.3, -0.25) is 4.79 Å². The molecule has 0 saturated carbocycles. The highest BCUT2D eigenvalue weighted by Crippen LogP contribution is 2.27. The Balaban J connectivity index is 1.79. The molecular weight excluding hydrogens is 323 g/mol. The number of benzene rings is 2. The van der Waals surface area contributed by atoms with E-state index in [9.17, 15) is 9.18 Å². The normalized spacial score (nSPS) is 12.0. The van der Waals surface area contributed by atoms with E-state index in [0.29, 0.717) is 16.3 Å². The van der Waals surface area contributed by atoms with Crippen molar-refractivity contribution in [1.29, 1.82) is 0 Å². The van der Waals surface area contributed by atoms with Crippen molar-refractivity contribution in [3.05, 3.63) is 71.0 Å². The lowest BCUT2D eigenvalue weighted by molar-refractivity contribution is -0.117. The standard InChI is InChI=1S/C19H17FN2OS/c1-12-11-21-19(24-12)22-18(23)13(2)15-8-9-16(17(20)10-15)14-6-4-3-5-7-14/h3-11,13H,1-2H3,(H,21,22,23)/t13-/m1/s1. The lowest BCUT2D eigenvalue weighted by Crippen LogP contribution is -2.18. The Bertz CT molecular complexity index is 861. The molecule has 2 aromatic carbocycles. The van der Waals surface area contributed by atoms with E-state index < -0.39 is 5.92 Å². The van der Waals surface area contributed by atoms with Gasteiger partial charge < -0.3 is 5.32 Å². The predicted octanol–water partition coefficient (Wildman–Crippen LogP) is 5.00. The van der Waals surface area contributed by atoms with Gasteiger partial charge in [0, 0.05) is 16.6 Å². The van der Waals surface area contributed by atoms with Crippen LogP contribution in [0, 0.1) is 12.7 Å². The maximum atomic E-state index is 14.4. The van der Waals surface area contributed by atoms with Crippen LogP contribution in [0.25, 0.3) is 11.1 Å². The summed E-state index contributed by atoms with van der Waals surface area (Å²) in [6, 6.07) is 14.3. The van der Waals surface area contributed by atoms with Crippen molar-refractivity contribution in [3.63, 3.8) is 0 Å². The zero-order valence-corrected chi connectivity index (χ0v) is 14.2. The summed E-state index contributed by atoms with van der Waals surface area (Å²) in [5, 5.41) is 3.33. The first-order chi connectivity index (χ1) is 11.5. The van der Waals surface area contributed by atoms with Crippen molar-refractivity contribution in [2.24, 2.45) is 0 Å². The summed E-state index contributed by atoms with van der Waals surface area (Å²) in [4.78, 5) is 17.5. The van der Waals surface area contributed by atoms with Gasteiger partial charge in [0.2, 0.25) is 5.91 Å². The average Bonchev–Trinajstić information content (AvgIpc) is 2.99. The number of nitrogens with one attached hydrogen (secondary N) is 1. The average molecular weight is 340 g/mol. The van der Waals surface area contributed by atoms with Gasteiger partial charge in [-0.25, -0.2) is 9.37 Å². The van der Waals surface area contributed by atoms with Crippen molar-refractivity contribution in [2.45, 2.75) is 19.8 Å². The summed E-state index contributed by atoms with van der Waals surface area (Å²) >= 11 is 1.41. The van der Waals surface area contributed by atoms with E-state index in [2.05, 4.69) is 10.3 Å². The molecule has 0 aliphatic rings. The van der Waals surface area contributed by atoms with E-state index in [1.807, 2.05) is 37.3 Å². The fourth-order valence-electron chi connectivity index (χ4n) is 2.43. The molecule has 0 aliphatic carbocycles. The topological polar surface area (TPSA) is 42.0 Å². The molecule has 1 amide bonds. The van der Waals surface area contributed by atoms with Gasteiger partial charge in [0.15, 0.2) is 5.13 Å². The Morgan fingerprint density at radius 1 is 1.21 bits per heavy atom. The minimum absolute atomic E-state index is 0.198. The lowest BCUT2D eigenvalue weighted by atomic mass is 9.96. The fourth-order valence-corrected chi connectivity index (χ4v) is 3.10.